The summed E-state index contributed by atoms with van der Waals surface area (Å²) >= 11 is 0. The largest absolute Gasteiger partial charge is 0.378 e. The van der Waals surface area contributed by atoms with Crippen LogP contribution in [0.3, 0.4) is 0 Å². The van der Waals surface area contributed by atoms with E-state index in [1.807, 2.05) is 24.3 Å². The van der Waals surface area contributed by atoms with Crippen molar-refractivity contribution < 1.29 is 22.7 Å². The second-order valence-corrected chi connectivity index (χ2v) is 5.71. The molecule has 0 radical (unpaired) electrons. The van der Waals surface area contributed by atoms with Gasteiger partial charge in [-0.2, -0.15) is 0 Å². The first kappa shape index (κ1) is 17.3. The Balaban J connectivity index is 1.62. The third-order valence-electron chi connectivity index (χ3n) is 3.99. The summed E-state index contributed by atoms with van der Waals surface area (Å²) in [6.45, 7) is 3.00. The van der Waals surface area contributed by atoms with Crippen molar-refractivity contribution in [3.63, 3.8) is 0 Å². The van der Waals surface area contributed by atoms with Crippen molar-refractivity contribution in [2.45, 2.75) is 6.42 Å². The van der Waals surface area contributed by atoms with Gasteiger partial charge in [-0.05, 0) is 29.8 Å². The summed E-state index contributed by atoms with van der Waals surface area (Å²) in [5.74, 6) is -4.82. The normalized spacial score (nSPS) is 14.4. The lowest BCUT2D eigenvalue weighted by Crippen LogP contribution is -2.36. The van der Waals surface area contributed by atoms with E-state index < -0.39 is 23.4 Å². The van der Waals surface area contributed by atoms with E-state index in [0.29, 0.717) is 13.2 Å². The Morgan fingerprint density at radius 1 is 1.00 bits per heavy atom. The van der Waals surface area contributed by atoms with E-state index in [0.717, 1.165) is 36.5 Å². The lowest BCUT2D eigenvalue weighted by atomic mass is 10.1. The van der Waals surface area contributed by atoms with Crippen LogP contribution in [0.1, 0.15) is 5.56 Å². The fraction of sp³-hybridized carbons (Fsp3) is 0.278. The summed E-state index contributed by atoms with van der Waals surface area (Å²) in [5.41, 5.74) is 1.39. The van der Waals surface area contributed by atoms with Crippen molar-refractivity contribution >= 4 is 17.3 Å². The molecule has 2 aromatic rings. The summed E-state index contributed by atoms with van der Waals surface area (Å²) in [5, 5.41) is 2.26. The molecule has 1 aliphatic rings. The third kappa shape index (κ3) is 4.11. The van der Waals surface area contributed by atoms with Gasteiger partial charge in [0.1, 0.15) is 0 Å². The number of morpholine rings is 1. The highest BCUT2D eigenvalue weighted by Crippen LogP contribution is 2.20. The number of hydrogen-bond acceptors (Lipinski definition) is 3. The number of ether oxygens (including phenoxy) is 1. The fourth-order valence-electron chi connectivity index (χ4n) is 2.65. The van der Waals surface area contributed by atoms with E-state index >= 15 is 0 Å². The highest BCUT2D eigenvalue weighted by atomic mass is 19.2. The quantitative estimate of drug-likeness (QED) is 0.862. The molecule has 2 aromatic carbocycles. The average Bonchev–Trinajstić information content (AvgIpc) is 2.63. The number of nitrogens with zero attached hydrogens (tertiary/aromatic N) is 1. The van der Waals surface area contributed by atoms with Gasteiger partial charge in [0.2, 0.25) is 5.91 Å². The van der Waals surface area contributed by atoms with Gasteiger partial charge in [0.05, 0.1) is 25.3 Å². The minimum atomic E-state index is -1.60. The molecule has 1 amide bonds. The fourth-order valence-corrected chi connectivity index (χ4v) is 2.65. The molecule has 1 saturated heterocycles. The van der Waals surface area contributed by atoms with E-state index in [1.54, 1.807) is 0 Å². The van der Waals surface area contributed by atoms with Gasteiger partial charge in [0.25, 0.3) is 0 Å². The van der Waals surface area contributed by atoms with Gasteiger partial charge in [-0.3, -0.25) is 4.79 Å². The number of benzene rings is 2. The summed E-state index contributed by atoms with van der Waals surface area (Å²) < 4.78 is 44.9. The van der Waals surface area contributed by atoms with Gasteiger partial charge in [-0.15, -0.1) is 0 Å². The van der Waals surface area contributed by atoms with Crippen LogP contribution in [0.15, 0.2) is 36.4 Å². The van der Waals surface area contributed by atoms with Crippen LogP contribution in [0.25, 0.3) is 0 Å². The maximum atomic E-state index is 13.6. The number of amides is 1. The molecule has 1 fully saturated rings. The molecule has 25 heavy (non-hydrogen) atoms. The maximum Gasteiger partial charge on any atom is 0.228 e. The predicted molar refractivity (Wildman–Crippen MR) is 88.1 cm³/mol. The predicted octanol–water partition coefficient (Wildman–Crippen LogP) is 3.12. The van der Waals surface area contributed by atoms with Crippen molar-refractivity contribution in [1.29, 1.82) is 0 Å². The molecular formula is C18H17F3N2O2. The molecule has 0 saturated carbocycles. The van der Waals surface area contributed by atoms with Crippen LogP contribution in [0.2, 0.25) is 0 Å². The highest BCUT2D eigenvalue weighted by Gasteiger charge is 2.16. The molecule has 132 valence electrons. The third-order valence-corrected chi connectivity index (χ3v) is 3.99. The summed E-state index contributed by atoms with van der Waals surface area (Å²) in [6, 6.07) is 9.20. The first-order valence-electron chi connectivity index (χ1n) is 7.89. The molecule has 0 unspecified atom stereocenters. The number of anilines is 2. The van der Waals surface area contributed by atoms with Crippen molar-refractivity contribution in [1.82, 2.24) is 0 Å². The van der Waals surface area contributed by atoms with E-state index in [1.165, 1.54) is 0 Å². The molecule has 3 rings (SSSR count). The number of nitrogens with one attached hydrogen (secondary N) is 1. The van der Waals surface area contributed by atoms with Crippen molar-refractivity contribution in [2.75, 3.05) is 36.5 Å². The van der Waals surface area contributed by atoms with Crippen LogP contribution >= 0.6 is 0 Å². The number of rotatable bonds is 4. The van der Waals surface area contributed by atoms with E-state index in [-0.39, 0.29) is 12.1 Å². The van der Waals surface area contributed by atoms with E-state index in [9.17, 15) is 18.0 Å². The van der Waals surface area contributed by atoms with Gasteiger partial charge >= 0.3 is 0 Å². The summed E-state index contributed by atoms with van der Waals surface area (Å²) in [4.78, 5) is 14.2. The first-order valence-corrected chi connectivity index (χ1v) is 7.89. The summed E-state index contributed by atoms with van der Waals surface area (Å²) in [7, 11) is 0. The van der Waals surface area contributed by atoms with Crippen LogP contribution in [0.5, 0.6) is 0 Å². The monoisotopic (exact) mass is 350 g/mol. The van der Waals surface area contributed by atoms with Crippen molar-refractivity contribution in [3.05, 3.63) is 59.4 Å². The van der Waals surface area contributed by atoms with Gasteiger partial charge in [-0.1, -0.05) is 12.1 Å². The zero-order valence-corrected chi connectivity index (χ0v) is 13.4. The first-order chi connectivity index (χ1) is 12.0. The van der Waals surface area contributed by atoms with E-state index in [4.69, 9.17) is 4.74 Å². The topological polar surface area (TPSA) is 41.6 Å². The van der Waals surface area contributed by atoms with Crippen LogP contribution in [0.4, 0.5) is 24.5 Å². The molecule has 1 heterocycles. The van der Waals surface area contributed by atoms with Crippen LogP contribution < -0.4 is 10.2 Å². The van der Waals surface area contributed by atoms with E-state index in [2.05, 4.69) is 10.2 Å². The smallest absolute Gasteiger partial charge is 0.228 e. The number of carbonyl (C=O) groups is 1. The Morgan fingerprint density at radius 2 is 1.68 bits per heavy atom. The lowest BCUT2D eigenvalue weighted by molar-refractivity contribution is -0.115. The van der Waals surface area contributed by atoms with Gasteiger partial charge in [-0.25, -0.2) is 13.2 Å². The number of hydrogen-bond donors (Lipinski definition) is 1. The van der Waals surface area contributed by atoms with Crippen LogP contribution in [-0.4, -0.2) is 32.2 Å². The zero-order valence-electron chi connectivity index (χ0n) is 13.4. The number of halogens is 3. The Labute approximate surface area is 143 Å². The minimum absolute atomic E-state index is 0.00181. The Bertz CT molecular complexity index is 760. The van der Waals surface area contributed by atoms with Gasteiger partial charge in [0.15, 0.2) is 17.5 Å². The molecule has 1 aliphatic heterocycles. The molecule has 0 atom stereocenters. The molecule has 0 spiro atoms. The molecule has 1 N–H and O–H groups in total. The van der Waals surface area contributed by atoms with Crippen LogP contribution in [-0.2, 0) is 16.0 Å². The van der Waals surface area contributed by atoms with Gasteiger partial charge < -0.3 is 15.0 Å². The van der Waals surface area contributed by atoms with Crippen LogP contribution in [0, 0.1) is 17.5 Å². The standard InChI is InChI=1S/C18H17F3N2O2/c19-14-5-6-15(18(21)17(14)20)22-16(24)11-12-1-3-13(4-2-12)23-7-9-25-10-8-23/h1-6H,7-11H2,(H,22,24). The molecule has 0 bridgehead atoms. The maximum absolute atomic E-state index is 13.6. The van der Waals surface area contributed by atoms with Gasteiger partial charge in [0, 0.05) is 18.8 Å². The molecular weight excluding hydrogens is 333 g/mol. The minimum Gasteiger partial charge on any atom is -0.378 e. The van der Waals surface area contributed by atoms with Crippen molar-refractivity contribution in [2.24, 2.45) is 0 Å². The lowest BCUT2D eigenvalue weighted by Gasteiger charge is -2.28. The Morgan fingerprint density at radius 3 is 2.36 bits per heavy atom. The molecule has 4 nitrogen and oxygen atoms in total. The Hall–Kier alpha value is -2.54. The second-order valence-electron chi connectivity index (χ2n) is 5.71. The number of carbonyl (C=O) groups excluding carboxylic acids is 1. The molecule has 0 aromatic heterocycles. The molecule has 7 heteroatoms. The van der Waals surface area contributed by atoms with Crippen molar-refractivity contribution in [3.8, 4) is 0 Å². The zero-order chi connectivity index (χ0) is 17.8. The SMILES string of the molecule is O=C(Cc1ccc(N2CCOCC2)cc1)Nc1ccc(F)c(F)c1F. The Kier molecular flexibility index (Phi) is 5.23. The average molecular weight is 350 g/mol. The second kappa shape index (κ2) is 7.57. The summed E-state index contributed by atoms with van der Waals surface area (Å²) in [6.07, 6.45) is 0.00181. The molecule has 0 aliphatic carbocycles. The highest BCUT2D eigenvalue weighted by molar-refractivity contribution is 5.92.